The highest BCUT2D eigenvalue weighted by molar-refractivity contribution is 5.97. The topological polar surface area (TPSA) is 191 Å². The Hall–Kier alpha value is -4.53. The van der Waals surface area contributed by atoms with Gasteiger partial charge in [-0.1, -0.05) is 5.92 Å². The molecule has 1 unspecified atom stereocenters. The molecule has 0 saturated carbocycles. The van der Waals surface area contributed by atoms with Gasteiger partial charge in [0.25, 0.3) is 11.5 Å². The highest BCUT2D eigenvalue weighted by atomic mass is 16.4. The summed E-state index contributed by atoms with van der Waals surface area (Å²) in [6, 6.07) is 5.14. The number of anilines is 3. The summed E-state index contributed by atoms with van der Waals surface area (Å²) in [7, 11) is 0. The maximum Gasteiger partial charge on any atom is 0.326 e. The number of H-pyrrole nitrogens is 1. The molecule has 0 radical (unpaired) electrons. The zero-order valence-electron chi connectivity index (χ0n) is 18.8. The third-order valence-electron chi connectivity index (χ3n) is 5.67. The number of terminal acetylenes is 1. The van der Waals surface area contributed by atoms with Crippen LogP contribution in [0.3, 0.4) is 0 Å². The number of carbonyl (C=O) groups excluding carboxylic acids is 1. The van der Waals surface area contributed by atoms with Crippen molar-refractivity contribution in [1.82, 2.24) is 15.3 Å². The summed E-state index contributed by atoms with van der Waals surface area (Å²) in [6.07, 6.45) is 5.54. The molecule has 184 valence electrons. The fourth-order valence-electron chi connectivity index (χ4n) is 3.89. The number of nitrogen functional groups attached to an aromatic ring is 1. The van der Waals surface area contributed by atoms with E-state index >= 15 is 0 Å². The van der Waals surface area contributed by atoms with Gasteiger partial charge >= 0.3 is 11.9 Å². The van der Waals surface area contributed by atoms with E-state index in [1.807, 2.05) is 4.90 Å². The predicted molar refractivity (Wildman–Crippen MR) is 128 cm³/mol. The molecule has 1 amide bonds. The van der Waals surface area contributed by atoms with Crippen LogP contribution in [0, 0.1) is 12.3 Å². The van der Waals surface area contributed by atoms with Crippen LogP contribution in [-0.2, 0) is 9.59 Å². The van der Waals surface area contributed by atoms with Crippen molar-refractivity contribution in [2.45, 2.75) is 31.2 Å². The summed E-state index contributed by atoms with van der Waals surface area (Å²) in [5.41, 5.74) is 6.85. The van der Waals surface area contributed by atoms with Crippen LogP contribution in [0.25, 0.3) is 0 Å². The fourth-order valence-corrected chi connectivity index (χ4v) is 3.89. The number of hydrogen-bond acceptors (Lipinski definition) is 8. The van der Waals surface area contributed by atoms with Crippen LogP contribution in [0.2, 0.25) is 0 Å². The molecule has 0 fully saturated rings. The van der Waals surface area contributed by atoms with Crippen molar-refractivity contribution in [3.63, 3.8) is 0 Å². The highest BCUT2D eigenvalue weighted by Gasteiger charge is 2.28. The van der Waals surface area contributed by atoms with E-state index in [1.54, 1.807) is 12.1 Å². The van der Waals surface area contributed by atoms with Gasteiger partial charge in [-0.25, -0.2) is 4.79 Å². The SMILES string of the molecule is C#CCN(CCC1CNc2nc(N)[nH]c(=O)c21)c1ccc(C(=O)N[C@@H](CCC(=O)O)C(=O)O)cc1. The largest absolute Gasteiger partial charge is 0.481 e. The number of carboxylic acids is 2. The van der Waals surface area contributed by atoms with E-state index in [2.05, 4.69) is 26.5 Å². The number of aromatic nitrogens is 2. The van der Waals surface area contributed by atoms with Crippen molar-refractivity contribution in [2.24, 2.45) is 0 Å². The number of aromatic amines is 1. The number of carboxylic acid groups (broad SMARTS) is 2. The van der Waals surface area contributed by atoms with Gasteiger partial charge in [-0.05, 0) is 37.1 Å². The van der Waals surface area contributed by atoms with E-state index in [1.165, 1.54) is 12.1 Å². The van der Waals surface area contributed by atoms with Crippen molar-refractivity contribution < 1.29 is 24.6 Å². The first-order valence-corrected chi connectivity index (χ1v) is 10.9. The molecule has 0 saturated heterocycles. The van der Waals surface area contributed by atoms with Gasteiger partial charge in [-0.3, -0.25) is 19.4 Å². The van der Waals surface area contributed by atoms with Crippen LogP contribution in [-0.4, -0.2) is 63.7 Å². The van der Waals surface area contributed by atoms with Crippen molar-refractivity contribution in [3.8, 4) is 12.3 Å². The summed E-state index contributed by atoms with van der Waals surface area (Å²) in [5, 5.41) is 23.4. The molecule has 12 heteroatoms. The van der Waals surface area contributed by atoms with Crippen LogP contribution in [0.15, 0.2) is 29.1 Å². The zero-order valence-corrected chi connectivity index (χ0v) is 18.8. The van der Waals surface area contributed by atoms with Crippen LogP contribution in [0.4, 0.5) is 17.5 Å². The summed E-state index contributed by atoms with van der Waals surface area (Å²) in [4.78, 5) is 55.4. The normalized spacial score (nSPS) is 14.8. The Balaban J connectivity index is 1.66. The number of nitrogens with zero attached hydrogens (tertiary/aromatic N) is 2. The molecule has 1 aliphatic heterocycles. The molecule has 35 heavy (non-hydrogen) atoms. The second-order valence-corrected chi connectivity index (χ2v) is 8.05. The second-order valence-electron chi connectivity index (χ2n) is 8.05. The molecule has 0 aliphatic carbocycles. The lowest BCUT2D eigenvalue weighted by Crippen LogP contribution is -2.41. The maximum atomic E-state index is 12.5. The summed E-state index contributed by atoms with van der Waals surface area (Å²) >= 11 is 0. The Morgan fingerprint density at radius 1 is 1.29 bits per heavy atom. The zero-order chi connectivity index (χ0) is 25.5. The van der Waals surface area contributed by atoms with Gasteiger partial charge in [0.1, 0.15) is 11.9 Å². The number of nitrogens with one attached hydrogen (secondary N) is 3. The third kappa shape index (κ3) is 6.29. The number of nitrogens with two attached hydrogens (primary N) is 1. The van der Waals surface area contributed by atoms with E-state index in [0.29, 0.717) is 37.4 Å². The van der Waals surface area contributed by atoms with E-state index in [0.717, 1.165) is 5.69 Å². The van der Waals surface area contributed by atoms with E-state index in [-0.39, 0.29) is 35.8 Å². The molecule has 0 bridgehead atoms. The molecule has 12 nitrogen and oxygen atoms in total. The van der Waals surface area contributed by atoms with Crippen molar-refractivity contribution in [1.29, 1.82) is 0 Å². The molecule has 7 N–H and O–H groups in total. The molecule has 2 aromatic rings. The minimum Gasteiger partial charge on any atom is -0.481 e. The number of benzene rings is 1. The fraction of sp³-hybridized carbons (Fsp3) is 0.348. The van der Waals surface area contributed by atoms with Crippen molar-refractivity contribution in [3.05, 3.63) is 45.7 Å². The second kappa shape index (κ2) is 11.1. The summed E-state index contributed by atoms with van der Waals surface area (Å²) < 4.78 is 0. The average molecular weight is 482 g/mol. The first kappa shape index (κ1) is 25.1. The third-order valence-corrected chi connectivity index (χ3v) is 5.67. The number of rotatable bonds is 11. The van der Waals surface area contributed by atoms with Crippen LogP contribution in [0.5, 0.6) is 0 Å². The Kier molecular flexibility index (Phi) is 7.93. The number of carbonyl (C=O) groups is 3. The van der Waals surface area contributed by atoms with Gasteiger partial charge in [-0.15, -0.1) is 6.42 Å². The van der Waals surface area contributed by atoms with Crippen LogP contribution < -0.4 is 26.8 Å². The lowest BCUT2D eigenvalue weighted by atomic mass is 10.00. The molecule has 3 rings (SSSR count). The smallest absolute Gasteiger partial charge is 0.326 e. The molecule has 1 aromatic carbocycles. The number of hydrogen-bond donors (Lipinski definition) is 6. The Bertz CT molecular complexity index is 1200. The standard InChI is InChI=1S/C23H26N6O6/c1-2-10-29(11-9-14-12-25-19-18(14)21(33)28-23(24)27-19)15-5-3-13(4-6-15)20(32)26-16(22(34)35)7-8-17(30)31/h1,3-6,14,16H,7-12H2,(H,26,32)(H,30,31)(H,34,35)(H4,24,25,27,28,33)/t14?,16-/m0/s1. The molecule has 2 atom stereocenters. The first-order chi connectivity index (χ1) is 16.7. The molecule has 0 spiro atoms. The first-order valence-electron chi connectivity index (χ1n) is 10.9. The number of amides is 1. The average Bonchev–Trinajstić information content (AvgIpc) is 3.22. The summed E-state index contributed by atoms with van der Waals surface area (Å²) in [5.74, 6) is -0.0257. The van der Waals surface area contributed by atoms with Crippen molar-refractivity contribution in [2.75, 3.05) is 35.6 Å². The van der Waals surface area contributed by atoms with E-state index in [9.17, 15) is 24.3 Å². The predicted octanol–water partition coefficient (Wildman–Crippen LogP) is 0.439. The van der Waals surface area contributed by atoms with Crippen LogP contribution >= 0.6 is 0 Å². The van der Waals surface area contributed by atoms with Crippen LogP contribution in [0.1, 0.15) is 41.1 Å². The number of aliphatic carboxylic acids is 2. The molecule has 1 aromatic heterocycles. The van der Waals surface area contributed by atoms with Gasteiger partial charge in [0.05, 0.1) is 12.1 Å². The molecular formula is C23H26N6O6. The Labute approximate surface area is 200 Å². The van der Waals surface area contributed by atoms with E-state index in [4.69, 9.17) is 17.3 Å². The molecule has 2 heterocycles. The van der Waals surface area contributed by atoms with Crippen molar-refractivity contribution >= 4 is 35.3 Å². The Morgan fingerprint density at radius 3 is 2.63 bits per heavy atom. The van der Waals surface area contributed by atoms with Gasteiger partial charge in [0.15, 0.2) is 0 Å². The lowest BCUT2D eigenvalue weighted by Gasteiger charge is -2.24. The van der Waals surface area contributed by atoms with E-state index < -0.39 is 23.9 Å². The minimum atomic E-state index is -1.31. The maximum absolute atomic E-state index is 12.5. The lowest BCUT2D eigenvalue weighted by molar-refractivity contribution is -0.140. The van der Waals surface area contributed by atoms with Gasteiger partial charge in [0, 0.05) is 36.7 Å². The highest BCUT2D eigenvalue weighted by Crippen LogP contribution is 2.30. The van der Waals surface area contributed by atoms with Gasteiger partial charge < -0.3 is 31.5 Å². The quantitative estimate of drug-likeness (QED) is 0.245. The number of fused-ring (bicyclic) bond motifs is 1. The molecule has 1 aliphatic rings. The summed E-state index contributed by atoms with van der Waals surface area (Å²) in [6.45, 7) is 1.37. The Morgan fingerprint density at radius 2 is 2.00 bits per heavy atom. The van der Waals surface area contributed by atoms with Gasteiger partial charge in [-0.2, -0.15) is 4.98 Å². The monoisotopic (exact) mass is 482 g/mol. The minimum absolute atomic E-state index is 0.0524. The van der Waals surface area contributed by atoms with Gasteiger partial charge in [0.2, 0.25) is 5.95 Å². The molecular weight excluding hydrogens is 456 g/mol.